The average Bonchev–Trinajstić information content (AvgIpc) is 2.85. The van der Waals surface area contributed by atoms with Crippen molar-refractivity contribution >= 4 is 5.91 Å². The molecule has 1 aliphatic heterocycles. The zero-order valence-electron chi connectivity index (χ0n) is 11.6. The zero-order valence-corrected chi connectivity index (χ0v) is 11.6. The second-order valence-electron chi connectivity index (χ2n) is 5.05. The molecule has 4 heteroatoms. The van der Waals surface area contributed by atoms with Crippen LogP contribution >= 0.6 is 0 Å². The van der Waals surface area contributed by atoms with Crippen molar-refractivity contribution in [3.8, 4) is 5.75 Å². The summed E-state index contributed by atoms with van der Waals surface area (Å²) in [5.74, 6) is 1.41. The maximum atomic E-state index is 12.0. The molecule has 0 spiro atoms. The van der Waals surface area contributed by atoms with Crippen LogP contribution in [0.5, 0.6) is 5.75 Å². The molecular weight excluding hydrogens is 240 g/mol. The van der Waals surface area contributed by atoms with Gasteiger partial charge in [0.25, 0.3) is 0 Å². The second-order valence-corrected chi connectivity index (χ2v) is 5.05. The minimum absolute atomic E-state index is 0.0299. The van der Waals surface area contributed by atoms with Crippen LogP contribution in [0.2, 0.25) is 0 Å². The van der Waals surface area contributed by atoms with Crippen molar-refractivity contribution in [2.24, 2.45) is 5.92 Å². The predicted molar refractivity (Wildman–Crippen MR) is 75.3 cm³/mol. The van der Waals surface area contributed by atoms with E-state index >= 15 is 0 Å². The van der Waals surface area contributed by atoms with E-state index in [9.17, 15) is 4.79 Å². The summed E-state index contributed by atoms with van der Waals surface area (Å²) in [5.41, 5.74) is 1.12. The molecule has 4 nitrogen and oxygen atoms in total. The Morgan fingerprint density at radius 1 is 1.47 bits per heavy atom. The molecule has 2 unspecified atom stereocenters. The SMILES string of the molecule is COc1ccccc1CCNC(=O)C1NCCC1C. The van der Waals surface area contributed by atoms with Gasteiger partial charge in [-0.15, -0.1) is 0 Å². The number of amides is 1. The van der Waals surface area contributed by atoms with Crippen molar-refractivity contribution in [1.29, 1.82) is 0 Å². The Balaban J connectivity index is 1.81. The van der Waals surface area contributed by atoms with Gasteiger partial charge in [0.2, 0.25) is 5.91 Å². The Labute approximate surface area is 114 Å². The van der Waals surface area contributed by atoms with Crippen molar-refractivity contribution in [1.82, 2.24) is 10.6 Å². The lowest BCUT2D eigenvalue weighted by Gasteiger charge is -2.15. The highest BCUT2D eigenvalue weighted by Gasteiger charge is 2.28. The molecule has 104 valence electrons. The van der Waals surface area contributed by atoms with Crippen molar-refractivity contribution < 1.29 is 9.53 Å². The third-order valence-electron chi connectivity index (χ3n) is 3.70. The van der Waals surface area contributed by atoms with E-state index < -0.39 is 0 Å². The first-order chi connectivity index (χ1) is 9.22. The van der Waals surface area contributed by atoms with E-state index in [-0.39, 0.29) is 11.9 Å². The Bertz CT molecular complexity index is 434. The Kier molecular flexibility index (Phi) is 4.80. The van der Waals surface area contributed by atoms with Gasteiger partial charge in [0.15, 0.2) is 0 Å². The third-order valence-corrected chi connectivity index (χ3v) is 3.70. The summed E-state index contributed by atoms with van der Waals surface area (Å²) in [6, 6.07) is 7.88. The topological polar surface area (TPSA) is 50.4 Å². The van der Waals surface area contributed by atoms with Gasteiger partial charge in [-0.3, -0.25) is 4.79 Å². The number of nitrogens with one attached hydrogen (secondary N) is 2. The van der Waals surface area contributed by atoms with Gasteiger partial charge in [-0.1, -0.05) is 25.1 Å². The van der Waals surface area contributed by atoms with E-state index in [0.717, 1.165) is 30.7 Å². The highest BCUT2D eigenvalue weighted by Crippen LogP contribution is 2.17. The highest BCUT2D eigenvalue weighted by atomic mass is 16.5. The number of para-hydroxylation sites is 1. The van der Waals surface area contributed by atoms with E-state index in [1.807, 2.05) is 24.3 Å². The van der Waals surface area contributed by atoms with Gasteiger partial charge in [0, 0.05) is 6.54 Å². The molecule has 19 heavy (non-hydrogen) atoms. The second kappa shape index (κ2) is 6.57. The number of methoxy groups -OCH3 is 1. The molecule has 1 aliphatic rings. The van der Waals surface area contributed by atoms with Crippen LogP contribution in [0.15, 0.2) is 24.3 Å². The van der Waals surface area contributed by atoms with Gasteiger partial charge >= 0.3 is 0 Å². The van der Waals surface area contributed by atoms with Gasteiger partial charge < -0.3 is 15.4 Å². The Morgan fingerprint density at radius 2 is 2.26 bits per heavy atom. The molecule has 0 saturated carbocycles. The van der Waals surface area contributed by atoms with Crippen LogP contribution in [0, 0.1) is 5.92 Å². The summed E-state index contributed by atoms with van der Waals surface area (Å²) in [7, 11) is 1.67. The van der Waals surface area contributed by atoms with Gasteiger partial charge in [-0.2, -0.15) is 0 Å². The van der Waals surface area contributed by atoms with Crippen molar-refractivity contribution in [3.63, 3.8) is 0 Å². The number of benzene rings is 1. The first-order valence-corrected chi connectivity index (χ1v) is 6.85. The van der Waals surface area contributed by atoms with E-state index in [0.29, 0.717) is 12.5 Å². The molecule has 0 aliphatic carbocycles. The summed E-state index contributed by atoms with van der Waals surface area (Å²) in [4.78, 5) is 12.0. The smallest absolute Gasteiger partial charge is 0.237 e. The fourth-order valence-electron chi connectivity index (χ4n) is 2.53. The normalized spacial score (nSPS) is 22.2. The number of rotatable bonds is 5. The molecule has 0 aromatic heterocycles. The fourth-order valence-corrected chi connectivity index (χ4v) is 2.53. The third kappa shape index (κ3) is 3.47. The maximum Gasteiger partial charge on any atom is 0.237 e. The monoisotopic (exact) mass is 262 g/mol. The first-order valence-electron chi connectivity index (χ1n) is 6.85. The molecule has 1 saturated heterocycles. The Morgan fingerprint density at radius 3 is 2.95 bits per heavy atom. The fraction of sp³-hybridized carbons (Fsp3) is 0.533. The molecule has 1 aromatic rings. The highest BCUT2D eigenvalue weighted by molar-refractivity contribution is 5.82. The number of carbonyl (C=O) groups is 1. The van der Waals surface area contributed by atoms with Gasteiger partial charge in [-0.25, -0.2) is 0 Å². The van der Waals surface area contributed by atoms with Crippen molar-refractivity contribution in [3.05, 3.63) is 29.8 Å². The molecule has 1 fully saturated rings. The largest absolute Gasteiger partial charge is 0.496 e. The lowest BCUT2D eigenvalue weighted by atomic mass is 10.0. The number of hydrogen-bond acceptors (Lipinski definition) is 3. The van der Waals surface area contributed by atoms with Crippen LogP contribution in [0.3, 0.4) is 0 Å². The lowest BCUT2D eigenvalue weighted by molar-refractivity contribution is -0.123. The zero-order chi connectivity index (χ0) is 13.7. The van der Waals surface area contributed by atoms with Gasteiger partial charge in [-0.05, 0) is 36.9 Å². The van der Waals surface area contributed by atoms with Crippen LogP contribution in [-0.2, 0) is 11.2 Å². The molecular formula is C15H22N2O2. The van der Waals surface area contributed by atoms with Crippen molar-refractivity contribution in [2.75, 3.05) is 20.2 Å². The van der Waals surface area contributed by atoms with Gasteiger partial charge in [0.05, 0.1) is 13.2 Å². The summed E-state index contributed by atoms with van der Waals surface area (Å²) >= 11 is 0. The molecule has 1 amide bonds. The lowest BCUT2D eigenvalue weighted by Crippen LogP contribution is -2.43. The molecule has 2 rings (SSSR count). The average molecular weight is 262 g/mol. The first kappa shape index (κ1) is 13.9. The maximum absolute atomic E-state index is 12.0. The van der Waals surface area contributed by atoms with E-state index in [2.05, 4.69) is 17.6 Å². The van der Waals surface area contributed by atoms with Crippen LogP contribution in [0.4, 0.5) is 0 Å². The van der Waals surface area contributed by atoms with Crippen LogP contribution in [0.1, 0.15) is 18.9 Å². The van der Waals surface area contributed by atoms with Crippen LogP contribution < -0.4 is 15.4 Å². The summed E-state index contributed by atoms with van der Waals surface area (Å²) in [6.45, 7) is 3.69. The predicted octanol–water partition coefficient (Wildman–Crippen LogP) is 1.35. The Hall–Kier alpha value is -1.55. The molecule has 0 bridgehead atoms. The van der Waals surface area contributed by atoms with E-state index in [1.54, 1.807) is 7.11 Å². The number of carbonyl (C=O) groups excluding carboxylic acids is 1. The number of ether oxygens (including phenoxy) is 1. The summed E-state index contributed by atoms with van der Waals surface area (Å²) in [6.07, 6.45) is 1.86. The van der Waals surface area contributed by atoms with Gasteiger partial charge in [0.1, 0.15) is 5.75 Å². The number of hydrogen-bond donors (Lipinski definition) is 2. The minimum atomic E-state index is -0.0299. The van der Waals surface area contributed by atoms with Crippen LogP contribution in [-0.4, -0.2) is 32.1 Å². The van der Waals surface area contributed by atoms with E-state index in [1.165, 1.54) is 0 Å². The molecule has 2 atom stereocenters. The molecule has 1 heterocycles. The molecule has 2 N–H and O–H groups in total. The standard InChI is InChI=1S/C15H22N2O2/c1-11-7-9-16-14(11)15(18)17-10-8-12-5-3-4-6-13(12)19-2/h3-6,11,14,16H,7-10H2,1-2H3,(H,17,18). The molecule has 0 radical (unpaired) electrons. The summed E-state index contributed by atoms with van der Waals surface area (Å²) in [5, 5.41) is 6.24. The van der Waals surface area contributed by atoms with Crippen LogP contribution in [0.25, 0.3) is 0 Å². The van der Waals surface area contributed by atoms with Crippen molar-refractivity contribution in [2.45, 2.75) is 25.8 Å². The quantitative estimate of drug-likeness (QED) is 0.842. The minimum Gasteiger partial charge on any atom is -0.496 e. The molecule has 1 aromatic carbocycles. The summed E-state index contributed by atoms with van der Waals surface area (Å²) < 4.78 is 5.29. The van der Waals surface area contributed by atoms with E-state index in [4.69, 9.17) is 4.74 Å².